The van der Waals surface area contributed by atoms with E-state index < -0.39 is 0 Å². The molecule has 2 nitrogen and oxygen atoms in total. The Kier molecular flexibility index (Phi) is 2.27. The molecule has 2 atom stereocenters. The van der Waals surface area contributed by atoms with Crippen molar-refractivity contribution in [3.8, 4) is 0 Å². The fourth-order valence-corrected chi connectivity index (χ4v) is 2.78. The van der Waals surface area contributed by atoms with E-state index in [2.05, 4.69) is 29.6 Å². The lowest BCUT2D eigenvalue weighted by molar-refractivity contribution is 0.322. The molecule has 0 radical (unpaired) electrons. The molecule has 0 aromatic heterocycles. The first kappa shape index (κ1) is 8.63. The van der Waals surface area contributed by atoms with Gasteiger partial charge in [0.2, 0.25) is 0 Å². The molecule has 0 bridgehead atoms. The minimum absolute atomic E-state index is 0.489. The van der Waals surface area contributed by atoms with E-state index >= 15 is 0 Å². The van der Waals surface area contributed by atoms with E-state index in [1.165, 1.54) is 11.8 Å². The lowest BCUT2D eigenvalue weighted by Gasteiger charge is -2.18. The highest BCUT2D eigenvalue weighted by Gasteiger charge is 2.26. The molecule has 1 aliphatic carbocycles. The molecule has 13 heavy (non-hydrogen) atoms. The van der Waals surface area contributed by atoms with Gasteiger partial charge in [0.05, 0.1) is 6.21 Å². The topological polar surface area (TPSA) is 32.6 Å². The van der Waals surface area contributed by atoms with E-state index in [0.717, 1.165) is 5.57 Å². The van der Waals surface area contributed by atoms with Crippen molar-refractivity contribution in [1.29, 1.82) is 0 Å². The van der Waals surface area contributed by atoms with Crippen LogP contribution in [0.15, 0.2) is 39.9 Å². The maximum absolute atomic E-state index is 8.40. The molecule has 3 heteroatoms. The van der Waals surface area contributed by atoms with Gasteiger partial charge in [0, 0.05) is 11.2 Å². The lowest BCUT2D eigenvalue weighted by Crippen LogP contribution is -2.13. The first-order chi connectivity index (χ1) is 6.31. The van der Waals surface area contributed by atoms with Crippen LogP contribution in [0.2, 0.25) is 0 Å². The Morgan fingerprint density at radius 1 is 1.62 bits per heavy atom. The molecule has 1 heterocycles. The standard InChI is InChI=1S/C10H11NOS/c1-7-6-13-10-3-2-8(5-11-12)4-9(7)10/h2-6,9-10,12H,1H3/b11-5+. The molecule has 0 fully saturated rings. The van der Waals surface area contributed by atoms with E-state index in [1.54, 1.807) is 0 Å². The van der Waals surface area contributed by atoms with Crippen molar-refractivity contribution >= 4 is 18.0 Å². The molecule has 0 saturated heterocycles. The van der Waals surface area contributed by atoms with Crippen molar-refractivity contribution in [3.05, 3.63) is 34.8 Å². The molecule has 68 valence electrons. The highest BCUT2D eigenvalue weighted by molar-refractivity contribution is 8.03. The van der Waals surface area contributed by atoms with Crippen LogP contribution in [0, 0.1) is 5.92 Å². The molecule has 0 aromatic carbocycles. The molecule has 0 amide bonds. The van der Waals surface area contributed by atoms with Crippen LogP contribution < -0.4 is 0 Å². The maximum Gasteiger partial charge on any atom is 0.0730 e. The smallest absolute Gasteiger partial charge is 0.0730 e. The summed E-state index contributed by atoms with van der Waals surface area (Å²) < 4.78 is 0. The Labute approximate surface area is 81.7 Å². The second-order valence-corrected chi connectivity index (χ2v) is 4.31. The number of hydrogen-bond acceptors (Lipinski definition) is 3. The molecule has 1 N–H and O–H groups in total. The van der Waals surface area contributed by atoms with Gasteiger partial charge < -0.3 is 5.21 Å². The SMILES string of the molecule is CC1=CSC2C=CC(/C=N/O)=CC12. The van der Waals surface area contributed by atoms with Crippen LogP contribution in [0.25, 0.3) is 0 Å². The summed E-state index contributed by atoms with van der Waals surface area (Å²) in [6, 6.07) is 0. The molecule has 0 aromatic rings. The molecule has 0 saturated carbocycles. The highest BCUT2D eigenvalue weighted by atomic mass is 32.2. The molecule has 2 aliphatic rings. The van der Waals surface area contributed by atoms with Crippen LogP contribution in [0.3, 0.4) is 0 Å². The van der Waals surface area contributed by atoms with Crippen LogP contribution in [-0.2, 0) is 0 Å². The predicted octanol–water partition coefficient (Wildman–Crippen LogP) is 2.58. The van der Waals surface area contributed by atoms with E-state index in [1.807, 2.05) is 17.8 Å². The van der Waals surface area contributed by atoms with Gasteiger partial charge in [-0.2, -0.15) is 0 Å². The minimum atomic E-state index is 0.489. The number of rotatable bonds is 1. The largest absolute Gasteiger partial charge is 0.411 e. The lowest BCUT2D eigenvalue weighted by atomic mass is 9.91. The Morgan fingerprint density at radius 2 is 2.46 bits per heavy atom. The zero-order valence-electron chi connectivity index (χ0n) is 7.34. The minimum Gasteiger partial charge on any atom is -0.411 e. The summed E-state index contributed by atoms with van der Waals surface area (Å²) in [5.74, 6) is 0.489. The summed E-state index contributed by atoms with van der Waals surface area (Å²) in [5.41, 5.74) is 2.38. The third kappa shape index (κ3) is 1.56. The van der Waals surface area contributed by atoms with Gasteiger partial charge in [-0.1, -0.05) is 29.0 Å². The van der Waals surface area contributed by atoms with Gasteiger partial charge in [0.15, 0.2) is 0 Å². The predicted molar refractivity (Wildman–Crippen MR) is 56.1 cm³/mol. The van der Waals surface area contributed by atoms with Gasteiger partial charge >= 0.3 is 0 Å². The number of fused-ring (bicyclic) bond motifs is 1. The average Bonchev–Trinajstić information content (AvgIpc) is 2.49. The number of hydrogen-bond donors (Lipinski definition) is 1. The summed E-state index contributed by atoms with van der Waals surface area (Å²) in [7, 11) is 0. The van der Waals surface area contributed by atoms with Crippen molar-refractivity contribution in [1.82, 2.24) is 0 Å². The maximum atomic E-state index is 8.40. The van der Waals surface area contributed by atoms with Crippen molar-refractivity contribution in [2.75, 3.05) is 0 Å². The van der Waals surface area contributed by atoms with Crippen molar-refractivity contribution in [2.45, 2.75) is 12.2 Å². The number of oxime groups is 1. The van der Waals surface area contributed by atoms with Crippen LogP contribution in [-0.4, -0.2) is 16.7 Å². The van der Waals surface area contributed by atoms with Crippen molar-refractivity contribution in [2.24, 2.45) is 11.1 Å². The summed E-state index contributed by atoms with van der Waals surface area (Å²) in [6.45, 7) is 2.14. The third-order valence-corrected chi connectivity index (χ3v) is 3.62. The van der Waals surface area contributed by atoms with E-state index in [4.69, 9.17) is 5.21 Å². The normalized spacial score (nSPS) is 31.8. The average molecular weight is 193 g/mol. The molecular weight excluding hydrogens is 182 g/mol. The number of thioether (sulfide) groups is 1. The van der Waals surface area contributed by atoms with Crippen LogP contribution in [0.1, 0.15) is 6.92 Å². The molecule has 1 aliphatic heterocycles. The van der Waals surface area contributed by atoms with Crippen LogP contribution in [0.5, 0.6) is 0 Å². The van der Waals surface area contributed by atoms with Crippen molar-refractivity contribution < 1.29 is 5.21 Å². The quantitative estimate of drug-likeness (QED) is 0.394. The van der Waals surface area contributed by atoms with Crippen LogP contribution in [0.4, 0.5) is 0 Å². The second-order valence-electron chi connectivity index (χ2n) is 3.26. The van der Waals surface area contributed by atoms with Gasteiger partial charge in [0.25, 0.3) is 0 Å². The number of allylic oxidation sites excluding steroid dienone is 4. The third-order valence-electron chi connectivity index (χ3n) is 2.35. The van der Waals surface area contributed by atoms with E-state index in [0.29, 0.717) is 11.2 Å². The van der Waals surface area contributed by atoms with Gasteiger partial charge in [0.1, 0.15) is 0 Å². The van der Waals surface area contributed by atoms with Gasteiger partial charge in [-0.15, -0.1) is 11.8 Å². The first-order valence-corrected chi connectivity index (χ1v) is 5.15. The zero-order valence-corrected chi connectivity index (χ0v) is 8.16. The Hall–Kier alpha value is -0.960. The van der Waals surface area contributed by atoms with Gasteiger partial charge in [-0.05, 0) is 17.9 Å². The van der Waals surface area contributed by atoms with Crippen LogP contribution >= 0.6 is 11.8 Å². The van der Waals surface area contributed by atoms with E-state index in [-0.39, 0.29) is 0 Å². The summed E-state index contributed by atoms with van der Waals surface area (Å²) in [4.78, 5) is 0. The molecule has 0 spiro atoms. The Bertz CT molecular complexity index is 328. The van der Waals surface area contributed by atoms with E-state index in [9.17, 15) is 0 Å². The monoisotopic (exact) mass is 193 g/mol. The van der Waals surface area contributed by atoms with Gasteiger partial charge in [-0.3, -0.25) is 0 Å². The Balaban J connectivity index is 2.24. The first-order valence-electron chi connectivity index (χ1n) is 4.21. The fourth-order valence-electron chi connectivity index (χ4n) is 1.62. The molecular formula is C10H11NOS. The zero-order chi connectivity index (χ0) is 9.26. The summed E-state index contributed by atoms with van der Waals surface area (Å²) in [5, 5.41) is 14.2. The highest BCUT2D eigenvalue weighted by Crippen LogP contribution is 2.39. The fraction of sp³-hybridized carbons (Fsp3) is 0.300. The second kappa shape index (κ2) is 3.42. The van der Waals surface area contributed by atoms with Gasteiger partial charge in [-0.25, -0.2) is 0 Å². The van der Waals surface area contributed by atoms with Crippen molar-refractivity contribution in [3.63, 3.8) is 0 Å². The molecule has 2 unspecified atom stereocenters. The summed E-state index contributed by atoms with van der Waals surface area (Å²) >= 11 is 1.85. The molecule has 2 rings (SSSR count). The summed E-state index contributed by atoms with van der Waals surface area (Å²) in [6.07, 6.45) is 7.79. The number of nitrogens with zero attached hydrogens (tertiary/aromatic N) is 1. The Morgan fingerprint density at radius 3 is 3.23 bits per heavy atom.